The van der Waals surface area contributed by atoms with E-state index in [1.807, 2.05) is 6.92 Å². The molecule has 0 bridgehead atoms. The molecule has 4 heteroatoms. The maximum Gasteiger partial charge on any atom is 0.305 e. The number of rotatable bonds is 6. The van der Waals surface area contributed by atoms with Gasteiger partial charge in [0.1, 0.15) is 5.75 Å². The highest BCUT2D eigenvalue weighted by Gasteiger charge is 2.14. The summed E-state index contributed by atoms with van der Waals surface area (Å²) in [7, 11) is 2.93. The van der Waals surface area contributed by atoms with Crippen molar-refractivity contribution in [2.24, 2.45) is 5.92 Å². The Balaban J connectivity index is 2.56. The number of methoxy groups -OCH3 is 2. The summed E-state index contributed by atoms with van der Waals surface area (Å²) in [4.78, 5) is 23.0. The molecule has 0 spiro atoms. The topological polar surface area (TPSA) is 52.6 Å². The van der Waals surface area contributed by atoms with Crippen molar-refractivity contribution in [3.05, 3.63) is 29.8 Å². The highest BCUT2D eigenvalue weighted by Crippen LogP contribution is 2.16. The first kappa shape index (κ1) is 14.2. The molecular weight excluding hydrogens is 232 g/mol. The van der Waals surface area contributed by atoms with Crippen LogP contribution in [0.25, 0.3) is 0 Å². The lowest BCUT2D eigenvalue weighted by molar-refractivity contribution is -0.141. The van der Waals surface area contributed by atoms with Crippen LogP contribution in [-0.4, -0.2) is 26.0 Å². The van der Waals surface area contributed by atoms with Crippen LogP contribution < -0.4 is 4.74 Å². The van der Waals surface area contributed by atoms with Gasteiger partial charge in [0.15, 0.2) is 5.78 Å². The molecule has 0 saturated heterocycles. The molecule has 1 atom stereocenters. The molecule has 0 amide bonds. The Bertz CT molecular complexity index is 408. The molecule has 1 aromatic rings. The summed E-state index contributed by atoms with van der Waals surface area (Å²) in [6, 6.07) is 6.95. The molecule has 1 rings (SSSR count). The first-order chi connectivity index (χ1) is 8.56. The van der Waals surface area contributed by atoms with Gasteiger partial charge in [0.25, 0.3) is 0 Å². The van der Waals surface area contributed by atoms with Crippen molar-refractivity contribution in [3.63, 3.8) is 0 Å². The Hall–Kier alpha value is -1.84. The number of benzene rings is 1. The van der Waals surface area contributed by atoms with E-state index in [1.54, 1.807) is 31.4 Å². The van der Waals surface area contributed by atoms with E-state index in [0.29, 0.717) is 17.7 Å². The highest BCUT2D eigenvalue weighted by atomic mass is 16.5. The maximum absolute atomic E-state index is 11.9. The van der Waals surface area contributed by atoms with E-state index in [-0.39, 0.29) is 24.1 Å². The molecule has 1 unspecified atom stereocenters. The lowest BCUT2D eigenvalue weighted by Gasteiger charge is -2.09. The third kappa shape index (κ3) is 4.20. The smallest absolute Gasteiger partial charge is 0.305 e. The van der Waals surface area contributed by atoms with Gasteiger partial charge >= 0.3 is 5.97 Å². The standard InChI is InChI=1S/C14H18O4/c1-10(9-14(16)18-3)8-13(15)11-4-6-12(17-2)7-5-11/h4-7,10H,8-9H2,1-3H3. The van der Waals surface area contributed by atoms with Crippen molar-refractivity contribution in [2.45, 2.75) is 19.8 Å². The quantitative estimate of drug-likeness (QED) is 0.575. The zero-order valence-corrected chi connectivity index (χ0v) is 10.9. The van der Waals surface area contributed by atoms with Gasteiger partial charge in [-0.1, -0.05) is 6.92 Å². The van der Waals surface area contributed by atoms with Crippen molar-refractivity contribution in [3.8, 4) is 5.75 Å². The minimum Gasteiger partial charge on any atom is -0.497 e. The molecule has 0 N–H and O–H groups in total. The number of esters is 1. The van der Waals surface area contributed by atoms with Crippen LogP contribution in [0.2, 0.25) is 0 Å². The number of Topliss-reactive ketones (excluding diaryl/α,β-unsaturated/α-hetero) is 1. The van der Waals surface area contributed by atoms with Gasteiger partial charge in [-0.15, -0.1) is 0 Å². The second-order valence-electron chi connectivity index (χ2n) is 4.24. The van der Waals surface area contributed by atoms with Gasteiger partial charge in [0.2, 0.25) is 0 Å². The predicted molar refractivity (Wildman–Crippen MR) is 67.7 cm³/mol. The second kappa shape index (κ2) is 6.79. The van der Waals surface area contributed by atoms with E-state index in [0.717, 1.165) is 0 Å². The van der Waals surface area contributed by atoms with Gasteiger partial charge in [0, 0.05) is 18.4 Å². The zero-order valence-electron chi connectivity index (χ0n) is 10.9. The van der Waals surface area contributed by atoms with Gasteiger partial charge in [-0.05, 0) is 30.2 Å². The summed E-state index contributed by atoms with van der Waals surface area (Å²) in [5.41, 5.74) is 0.632. The zero-order chi connectivity index (χ0) is 13.5. The maximum atomic E-state index is 11.9. The SMILES string of the molecule is COC(=O)CC(C)CC(=O)c1ccc(OC)cc1. The molecule has 98 valence electrons. The third-order valence-corrected chi connectivity index (χ3v) is 2.69. The van der Waals surface area contributed by atoms with E-state index >= 15 is 0 Å². The first-order valence-corrected chi connectivity index (χ1v) is 5.81. The molecule has 0 heterocycles. The predicted octanol–water partition coefficient (Wildman–Crippen LogP) is 2.47. The van der Waals surface area contributed by atoms with Crippen LogP contribution in [-0.2, 0) is 9.53 Å². The molecule has 0 aliphatic rings. The minimum absolute atomic E-state index is 0.0212. The van der Waals surface area contributed by atoms with Crippen LogP contribution in [0.15, 0.2) is 24.3 Å². The number of ketones is 1. The van der Waals surface area contributed by atoms with Crippen molar-refractivity contribution in [1.82, 2.24) is 0 Å². The van der Waals surface area contributed by atoms with Gasteiger partial charge in [0.05, 0.1) is 14.2 Å². The van der Waals surface area contributed by atoms with Gasteiger partial charge in [-0.2, -0.15) is 0 Å². The highest BCUT2D eigenvalue weighted by molar-refractivity contribution is 5.96. The van der Waals surface area contributed by atoms with E-state index in [1.165, 1.54) is 7.11 Å². The fraction of sp³-hybridized carbons (Fsp3) is 0.429. The number of ether oxygens (including phenoxy) is 2. The molecule has 0 aliphatic carbocycles. The van der Waals surface area contributed by atoms with E-state index < -0.39 is 0 Å². The molecule has 0 radical (unpaired) electrons. The Morgan fingerprint density at radius 3 is 2.22 bits per heavy atom. The van der Waals surface area contributed by atoms with Gasteiger partial charge in [-0.25, -0.2) is 0 Å². The Morgan fingerprint density at radius 1 is 1.11 bits per heavy atom. The number of carbonyl (C=O) groups excluding carboxylic acids is 2. The molecular formula is C14H18O4. The summed E-state index contributed by atoms with van der Waals surface area (Å²) >= 11 is 0. The summed E-state index contributed by atoms with van der Waals surface area (Å²) in [6.07, 6.45) is 0.597. The molecule has 18 heavy (non-hydrogen) atoms. The van der Waals surface area contributed by atoms with Crippen molar-refractivity contribution in [2.75, 3.05) is 14.2 Å². The summed E-state index contributed by atoms with van der Waals surface area (Å²) in [5, 5.41) is 0. The fourth-order valence-corrected chi connectivity index (χ4v) is 1.65. The molecule has 0 saturated carbocycles. The average Bonchev–Trinajstić information content (AvgIpc) is 2.38. The van der Waals surface area contributed by atoms with Crippen molar-refractivity contribution in [1.29, 1.82) is 0 Å². The number of hydrogen-bond donors (Lipinski definition) is 0. The van der Waals surface area contributed by atoms with Crippen molar-refractivity contribution >= 4 is 11.8 Å². The Kier molecular flexibility index (Phi) is 5.36. The second-order valence-corrected chi connectivity index (χ2v) is 4.24. The monoisotopic (exact) mass is 250 g/mol. The van der Waals surface area contributed by atoms with Crippen LogP contribution >= 0.6 is 0 Å². The third-order valence-electron chi connectivity index (χ3n) is 2.69. The Labute approximate surface area is 107 Å². The summed E-state index contributed by atoms with van der Waals surface area (Å²) < 4.78 is 9.60. The number of carbonyl (C=O) groups is 2. The summed E-state index contributed by atoms with van der Waals surface area (Å²) in [6.45, 7) is 1.86. The van der Waals surface area contributed by atoms with Crippen LogP contribution in [0, 0.1) is 5.92 Å². The molecule has 0 aromatic heterocycles. The normalized spacial score (nSPS) is 11.7. The lowest BCUT2D eigenvalue weighted by Crippen LogP contribution is -2.11. The van der Waals surface area contributed by atoms with Crippen LogP contribution in [0.5, 0.6) is 5.75 Å². The number of hydrogen-bond acceptors (Lipinski definition) is 4. The molecule has 0 fully saturated rings. The van der Waals surface area contributed by atoms with Crippen molar-refractivity contribution < 1.29 is 19.1 Å². The first-order valence-electron chi connectivity index (χ1n) is 5.81. The largest absolute Gasteiger partial charge is 0.497 e. The van der Waals surface area contributed by atoms with Crippen LogP contribution in [0.3, 0.4) is 0 Å². The van der Waals surface area contributed by atoms with E-state index in [9.17, 15) is 9.59 Å². The van der Waals surface area contributed by atoms with Gasteiger partial charge < -0.3 is 9.47 Å². The average molecular weight is 250 g/mol. The van der Waals surface area contributed by atoms with E-state index in [4.69, 9.17) is 4.74 Å². The fourth-order valence-electron chi connectivity index (χ4n) is 1.65. The molecule has 4 nitrogen and oxygen atoms in total. The minimum atomic E-state index is -0.287. The van der Waals surface area contributed by atoms with Crippen LogP contribution in [0.4, 0.5) is 0 Å². The summed E-state index contributed by atoms with van der Waals surface area (Å²) in [5.74, 6) is 0.431. The van der Waals surface area contributed by atoms with Gasteiger partial charge in [-0.3, -0.25) is 9.59 Å². The van der Waals surface area contributed by atoms with E-state index in [2.05, 4.69) is 4.74 Å². The Morgan fingerprint density at radius 2 is 1.72 bits per heavy atom. The molecule has 0 aliphatic heterocycles. The van der Waals surface area contributed by atoms with Crippen LogP contribution in [0.1, 0.15) is 30.1 Å². The molecule has 1 aromatic carbocycles. The lowest BCUT2D eigenvalue weighted by atomic mass is 9.97.